The fraction of sp³-hybridized carbons (Fsp3) is 0.556. The zero-order valence-electron chi connectivity index (χ0n) is 9.58. The first-order chi connectivity index (χ1) is 8.97. The van der Waals surface area contributed by atoms with E-state index >= 15 is 0 Å². The molecule has 0 spiro atoms. The summed E-state index contributed by atoms with van der Waals surface area (Å²) in [5.41, 5.74) is 4.59. The molecule has 2 heterocycles. The molecule has 0 bridgehead atoms. The van der Waals surface area contributed by atoms with Gasteiger partial charge in [0.25, 0.3) is 5.91 Å². The van der Waals surface area contributed by atoms with E-state index in [1.165, 1.54) is 0 Å². The van der Waals surface area contributed by atoms with E-state index in [4.69, 9.17) is 10.5 Å². The van der Waals surface area contributed by atoms with Crippen molar-refractivity contribution in [3.63, 3.8) is 0 Å². The summed E-state index contributed by atoms with van der Waals surface area (Å²) in [4.78, 5) is 24.7. The van der Waals surface area contributed by atoms with Gasteiger partial charge < -0.3 is 25.8 Å². The highest BCUT2D eigenvalue weighted by Crippen LogP contribution is 2.33. The first-order valence-electron chi connectivity index (χ1n) is 5.33. The molecule has 0 aliphatic carbocycles. The second kappa shape index (κ2) is 4.91. The van der Waals surface area contributed by atoms with E-state index in [1.807, 2.05) is 0 Å². The summed E-state index contributed by atoms with van der Waals surface area (Å²) in [5, 5.41) is 31.7. The van der Waals surface area contributed by atoms with E-state index in [0.29, 0.717) is 0 Å². The van der Waals surface area contributed by atoms with Crippen LogP contribution in [0.2, 0.25) is 0 Å². The van der Waals surface area contributed by atoms with E-state index in [2.05, 4.69) is 10.2 Å². The van der Waals surface area contributed by atoms with Gasteiger partial charge in [-0.1, -0.05) is 5.18 Å². The van der Waals surface area contributed by atoms with Crippen LogP contribution in [0.3, 0.4) is 0 Å². The molecular weight excluding hydrogens is 260 g/mol. The summed E-state index contributed by atoms with van der Waals surface area (Å²) in [5.74, 6) is -1.54. The lowest BCUT2D eigenvalue weighted by Gasteiger charge is -2.16. The van der Waals surface area contributed by atoms with E-state index in [0.717, 1.165) is 10.9 Å². The molecule has 2 rings (SSSR count). The SMILES string of the molecule is NC(=O)c1ncn([C@@H]2O[C@H](CN=O)[C@@H](O)[C@H]2O)c1O. The molecule has 0 saturated carbocycles. The average molecular weight is 272 g/mol. The van der Waals surface area contributed by atoms with Gasteiger partial charge in [-0.15, -0.1) is 0 Å². The molecule has 1 amide bonds. The van der Waals surface area contributed by atoms with Crippen molar-refractivity contribution >= 4 is 5.91 Å². The number of imidazole rings is 1. The predicted octanol–water partition coefficient (Wildman–Crippen LogP) is -1.93. The van der Waals surface area contributed by atoms with E-state index in [-0.39, 0.29) is 12.2 Å². The molecule has 10 nitrogen and oxygen atoms in total. The van der Waals surface area contributed by atoms with Crippen LogP contribution in [0, 0.1) is 4.91 Å². The van der Waals surface area contributed by atoms with Crippen LogP contribution < -0.4 is 5.73 Å². The zero-order chi connectivity index (χ0) is 14.2. The van der Waals surface area contributed by atoms with Crippen LogP contribution >= 0.6 is 0 Å². The Bertz CT molecular complexity index is 503. The molecule has 1 aromatic rings. The van der Waals surface area contributed by atoms with Crippen molar-refractivity contribution in [2.24, 2.45) is 10.9 Å². The van der Waals surface area contributed by atoms with Crippen molar-refractivity contribution in [3.05, 3.63) is 16.9 Å². The summed E-state index contributed by atoms with van der Waals surface area (Å²) >= 11 is 0. The number of carbonyl (C=O) groups is 1. The van der Waals surface area contributed by atoms with E-state index < -0.39 is 36.3 Å². The summed E-state index contributed by atoms with van der Waals surface area (Å²) in [6, 6.07) is 0. The monoisotopic (exact) mass is 272 g/mol. The summed E-state index contributed by atoms with van der Waals surface area (Å²) < 4.78 is 6.15. The number of primary amides is 1. The third-order valence-corrected chi connectivity index (χ3v) is 2.87. The Balaban J connectivity index is 2.27. The van der Waals surface area contributed by atoms with E-state index in [1.54, 1.807) is 0 Å². The molecule has 19 heavy (non-hydrogen) atoms. The Labute approximate surface area is 106 Å². The smallest absolute Gasteiger partial charge is 0.272 e. The maximum atomic E-state index is 10.9. The number of carbonyl (C=O) groups excluding carboxylic acids is 1. The van der Waals surface area contributed by atoms with Gasteiger partial charge in [0.1, 0.15) is 31.2 Å². The van der Waals surface area contributed by atoms with Crippen LogP contribution in [0.5, 0.6) is 5.88 Å². The molecule has 0 radical (unpaired) electrons. The van der Waals surface area contributed by atoms with Crippen LogP contribution in [0.1, 0.15) is 16.7 Å². The van der Waals surface area contributed by atoms with Crippen molar-refractivity contribution in [1.82, 2.24) is 9.55 Å². The van der Waals surface area contributed by atoms with Gasteiger partial charge in [0.2, 0.25) is 5.88 Å². The maximum absolute atomic E-state index is 10.9. The van der Waals surface area contributed by atoms with Crippen LogP contribution in [0.25, 0.3) is 0 Å². The fourth-order valence-corrected chi connectivity index (χ4v) is 1.90. The molecule has 10 heteroatoms. The second-order valence-electron chi connectivity index (χ2n) is 4.05. The number of ether oxygens (including phenoxy) is 1. The fourth-order valence-electron chi connectivity index (χ4n) is 1.90. The lowest BCUT2D eigenvalue weighted by Crippen LogP contribution is -2.32. The molecule has 0 aromatic carbocycles. The Hall–Kier alpha value is -2.04. The molecule has 0 unspecified atom stereocenters. The minimum absolute atomic E-state index is 0.354. The van der Waals surface area contributed by atoms with Gasteiger partial charge in [-0.3, -0.25) is 9.36 Å². The van der Waals surface area contributed by atoms with Gasteiger partial charge in [-0.2, -0.15) is 4.91 Å². The van der Waals surface area contributed by atoms with Crippen molar-refractivity contribution in [1.29, 1.82) is 0 Å². The lowest BCUT2D eigenvalue weighted by atomic mass is 10.1. The first kappa shape index (κ1) is 13.4. The molecule has 1 aliphatic rings. The number of nitrogens with zero attached hydrogens (tertiary/aromatic N) is 3. The molecule has 4 atom stereocenters. The number of hydrogen-bond acceptors (Lipinski definition) is 8. The minimum Gasteiger partial charge on any atom is -0.493 e. The third kappa shape index (κ3) is 2.16. The van der Waals surface area contributed by atoms with Gasteiger partial charge in [0.15, 0.2) is 11.9 Å². The lowest BCUT2D eigenvalue weighted by molar-refractivity contribution is -0.0377. The highest BCUT2D eigenvalue weighted by Gasteiger charge is 2.44. The Morgan fingerprint density at radius 3 is 2.74 bits per heavy atom. The van der Waals surface area contributed by atoms with Crippen LogP contribution in [-0.4, -0.2) is 55.6 Å². The summed E-state index contributed by atoms with van der Waals surface area (Å²) in [7, 11) is 0. The van der Waals surface area contributed by atoms with Crippen molar-refractivity contribution in [2.45, 2.75) is 24.5 Å². The molecule has 1 aliphatic heterocycles. The Morgan fingerprint density at radius 1 is 1.53 bits per heavy atom. The van der Waals surface area contributed by atoms with Gasteiger partial charge in [0.05, 0.1) is 0 Å². The molecule has 1 fully saturated rings. The number of aromatic nitrogens is 2. The minimum atomic E-state index is -1.41. The van der Waals surface area contributed by atoms with Gasteiger partial charge >= 0.3 is 0 Å². The normalized spacial score (nSPS) is 30.4. The van der Waals surface area contributed by atoms with Crippen molar-refractivity contribution in [3.8, 4) is 5.88 Å². The van der Waals surface area contributed by atoms with Crippen molar-refractivity contribution < 1.29 is 24.9 Å². The highest BCUT2D eigenvalue weighted by atomic mass is 16.6. The van der Waals surface area contributed by atoms with Crippen LogP contribution in [0.15, 0.2) is 11.5 Å². The number of aliphatic hydroxyl groups is 2. The maximum Gasteiger partial charge on any atom is 0.272 e. The van der Waals surface area contributed by atoms with Crippen molar-refractivity contribution in [2.75, 3.05) is 6.54 Å². The first-order valence-corrected chi connectivity index (χ1v) is 5.33. The van der Waals surface area contributed by atoms with Gasteiger partial charge in [-0.05, 0) is 0 Å². The zero-order valence-corrected chi connectivity index (χ0v) is 9.58. The quantitative estimate of drug-likeness (QED) is 0.464. The largest absolute Gasteiger partial charge is 0.493 e. The Kier molecular flexibility index (Phi) is 3.46. The third-order valence-electron chi connectivity index (χ3n) is 2.87. The summed E-state index contributed by atoms with van der Waals surface area (Å²) in [6.07, 6.45) is -3.92. The average Bonchev–Trinajstić information content (AvgIpc) is 2.85. The molecular formula is C9H12N4O6. The standard InChI is InChI=1S/C9H12N4O6/c10-7(16)4-8(17)13(2-11-4)9-6(15)5(14)3(19-9)1-12-18/h2-3,5-6,9,14-15,17H,1H2,(H2,10,16)/t3-,5-,6-,9-/m1/s1. The topological polar surface area (TPSA) is 160 Å². The number of nitroso groups, excluding NO2 is 1. The van der Waals surface area contributed by atoms with Crippen LogP contribution in [-0.2, 0) is 4.74 Å². The van der Waals surface area contributed by atoms with E-state index in [9.17, 15) is 25.0 Å². The number of aliphatic hydroxyl groups excluding tert-OH is 2. The second-order valence-corrected chi connectivity index (χ2v) is 4.05. The number of hydrogen-bond donors (Lipinski definition) is 4. The van der Waals surface area contributed by atoms with Crippen LogP contribution in [0.4, 0.5) is 0 Å². The molecule has 1 saturated heterocycles. The predicted molar refractivity (Wildman–Crippen MR) is 59.0 cm³/mol. The highest BCUT2D eigenvalue weighted by molar-refractivity contribution is 5.92. The molecule has 104 valence electrons. The Morgan fingerprint density at radius 2 is 2.21 bits per heavy atom. The number of amides is 1. The molecule has 5 N–H and O–H groups in total. The number of rotatable bonds is 4. The molecule has 1 aromatic heterocycles. The van der Waals surface area contributed by atoms with Gasteiger partial charge in [-0.25, -0.2) is 4.98 Å². The summed E-state index contributed by atoms with van der Waals surface area (Å²) in [6.45, 7) is -0.354. The number of aromatic hydroxyl groups is 1. The van der Waals surface area contributed by atoms with Gasteiger partial charge in [0, 0.05) is 0 Å². The number of nitrogens with two attached hydrogens (primary N) is 1.